The van der Waals surface area contributed by atoms with Crippen molar-refractivity contribution in [2.45, 2.75) is 33.0 Å². The van der Waals surface area contributed by atoms with Gasteiger partial charge in [0.05, 0.1) is 0 Å². The van der Waals surface area contributed by atoms with Gasteiger partial charge >= 0.3 is 0 Å². The van der Waals surface area contributed by atoms with E-state index in [1.807, 2.05) is 13.8 Å². The Hall–Kier alpha value is -0.160. The number of ether oxygens (including phenoxy) is 2. The van der Waals surface area contributed by atoms with Crippen LogP contribution >= 0.6 is 0 Å². The molecular weight excluding hydrogens is 216 g/mol. The molecule has 0 bridgehead atoms. The molecule has 0 aliphatic carbocycles. The fourth-order valence-corrected chi connectivity index (χ4v) is 2.36. The van der Waals surface area contributed by atoms with Crippen LogP contribution in [0.4, 0.5) is 0 Å². The van der Waals surface area contributed by atoms with E-state index in [-0.39, 0.29) is 6.29 Å². The molecule has 0 unspecified atom stereocenters. The second-order valence-corrected chi connectivity index (χ2v) is 4.75. The SMILES string of the molecule is CCOC(CN(C)CC1CCNCC1)OCC. The van der Waals surface area contributed by atoms with Crippen molar-refractivity contribution in [2.75, 3.05) is 46.4 Å². The first-order valence-corrected chi connectivity index (χ1v) is 6.88. The zero-order valence-electron chi connectivity index (χ0n) is 11.6. The summed E-state index contributed by atoms with van der Waals surface area (Å²) in [6.07, 6.45) is 2.51. The van der Waals surface area contributed by atoms with E-state index in [1.165, 1.54) is 25.9 Å². The minimum Gasteiger partial charge on any atom is -0.352 e. The van der Waals surface area contributed by atoms with Gasteiger partial charge in [-0.25, -0.2) is 0 Å². The highest BCUT2D eigenvalue weighted by Gasteiger charge is 2.17. The van der Waals surface area contributed by atoms with Gasteiger partial charge in [0.1, 0.15) is 0 Å². The van der Waals surface area contributed by atoms with E-state index in [9.17, 15) is 0 Å². The van der Waals surface area contributed by atoms with Gasteiger partial charge in [0.2, 0.25) is 0 Å². The average molecular weight is 244 g/mol. The normalized spacial score (nSPS) is 18.2. The maximum absolute atomic E-state index is 5.57. The molecule has 0 aromatic rings. The van der Waals surface area contributed by atoms with Crippen LogP contribution < -0.4 is 5.32 Å². The zero-order chi connectivity index (χ0) is 12.5. The average Bonchev–Trinajstić information content (AvgIpc) is 2.30. The molecule has 1 saturated heterocycles. The quantitative estimate of drug-likeness (QED) is 0.653. The molecule has 1 rings (SSSR count). The summed E-state index contributed by atoms with van der Waals surface area (Å²) in [7, 11) is 2.16. The molecule has 0 aromatic carbocycles. The van der Waals surface area contributed by atoms with Gasteiger partial charge in [-0.3, -0.25) is 0 Å². The highest BCUT2D eigenvalue weighted by Crippen LogP contribution is 2.13. The summed E-state index contributed by atoms with van der Waals surface area (Å²) in [6.45, 7) is 9.80. The fraction of sp³-hybridized carbons (Fsp3) is 1.00. The third-order valence-electron chi connectivity index (χ3n) is 3.19. The van der Waals surface area contributed by atoms with Crippen LogP contribution in [0.25, 0.3) is 0 Å². The van der Waals surface area contributed by atoms with Crippen molar-refractivity contribution in [3.05, 3.63) is 0 Å². The molecule has 4 heteroatoms. The number of hydrogen-bond donors (Lipinski definition) is 1. The first-order valence-electron chi connectivity index (χ1n) is 6.88. The molecule has 0 spiro atoms. The molecule has 0 atom stereocenters. The van der Waals surface area contributed by atoms with Crippen LogP contribution in [0.1, 0.15) is 26.7 Å². The monoisotopic (exact) mass is 244 g/mol. The van der Waals surface area contributed by atoms with Gasteiger partial charge in [0.25, 0.3) is 0 Å². The van der Waals surface area contributed by atoms with Crippen molar-refractivity contribution in [1.29, 1.82) is 0 Å². The zero-order valence-corrected chi connectivity index (χ0v) is 11.6. The van der Waals surface area contributed by atoms with Crippen LogP contribution in [0.15, 0.2) is 0 Å². The Kier molecular flexibility index (Phi) is 7.77. The van der Waals surface area contributed by atoms with Crippen molar-refractivity contribution in [1.82, 2.24) is 10.2 Å². The van der Waals surface area contributed by atoms with E-state index in [2.05, 4.69) is 17.3 Å². The largest absolute Gasteiger partial charge is 0.352 e. The van der Waals surface area contributed by atoms with Crippen LogP contribution in [0.3, 0.4) is 0 Å². The molecule has 4 nitrogen and oxygen atoms in total. The molecule has 102 valence electrons. The number of piperidine rings is 1. The Morgan fingerprint density at radius 3 is 2.29 bits per heavy atom. The summed E-state index contributed by atoms with van der Waals surface area (Å²) >= 11 is 0. The molecule has 17 heavy (non-hydrogen) atoms. The van der Waals surface area contributed by atoms with E-state index in [1.54, 1.807) is 0 Å². The van der Waals surface area contributed by atoms with Gasteiger partial charge in [-0.1, -0.05) is 0 Å². The van der Waals surface area contributed by atoms with Gasteiger partial charge in [0, 0.05) is 26.3 Å². The van der Waals surface area contributed by atoms with E-state index in [0.29, 0.717) is 13.2 Å². The van der Waals surface area contributed by atoms with E-state index < -0.39 is 0 Å². The van der Waals surface area contributed by atoms with Gasteiger partial charge in [-0.05, 0) is 52.7 Å². The number of likely N-dealkylation sites (N-methyl/N-ethyl adjacent to an activating group) is 1. The highest BCUT2D eigenvalue weighted by molar-refractivity contribution is 4.71. The Labute approximate surface area is 106 Å². The van der Waals surface area contributed by atoms with Crippen LogP contribution in [0, 0.1) is 5.92 Å². The van der Waals surface area contributed by atoms with Crippen molar-refractivity contribution in [2.24, 2.45) is 5.92 Å². The van der Waals surface area contributed by atoms with Crippen LogP contribution in [0.2, 0.25) is 0 Å². The van der Waals surface area contributed by atoms with E-state index in [0.717, 1.165) is 19.0 Å². The van der Waals surface area contributed by atoms with E-state index >= 15 is 0 Å². The number of nitrogens with zero attached hydrogens (tertiary/aromatic N) is 1. The smallest absolute Gasteiger partial charge is 0.170 e. The predicted molar refractivity (Wildman–Crippen MR) is 70.1 cm³/mol. The van der Waals surface area contributed by atoms with Crippen molar-refractivity contribution < 1.29 is 9.47 Å². The van der Waals surface area contributed by atoms with Gasteiger partial charge in [-0.15, -0.1) is 0 Å². The summed E-state index contributed by atoms with van der Waals surface area (Å²) in [5.74, 6) is 0.824. The van der Waals surface area contributed by atoms with Gasteiger partial charge in [-0.2, -0.15) is 0 Å². The minimum atomic E-state index is -0.0725. The maximum atomic E-state index is 5.57. The lowest BCUT2D eigenvalue weighted by atomic mass is 9.98. The van der Waals surface area contributed by atoms with Crippen LogP contribution in [-0.2, 0) is 9.47 Å². The third kappa shape index (κ3) is 6.36. The Morgan fingerprint density at radius 2 is 1.76 bits per heavy atom. The molecule has 0 saturated carbocycles. The first-order chi connectivity index (χ1) is 8.26. The second-order valence-electron chi connectivity index (χ2n) is 4.75. The van der Waals surface area contributed by atoms with E-state index in [4.69, 9.17) is 9.47 Å². The Bertz CT molecular complexity index is 178. The molecule has 0 amide bonds. The standard InChI is InChI=1S/C13H28N2O2/c1-4-16-13(17-5-2)11-15(3)10-12-6-8-14-9-7-12/h12-14H,4-11H2,1-3H3. The van der Waals surface area contributed by atoms with Crippen molar-refractivity contribution in [3.8, 4) is 0 Å². The molecule has 0 radical (unpaired) electrons. The molecular formula is C13H28N2O2. The fourth-order valence-electron chi connectivity index (χ4n) is 2.36. The molecule has 1 aliphatic rings. The lowest BCUT2D eigenvalue weighted by Gasteiger charge is -2.29. The summed E-state index contributed by atoms with van der Waals surface area (Å²) in [5.41, 5.74) is 0. The summed E-state index contributed by atoms with van der Waals surface area (Å²) in [6, 6.07) is 0. The number of hydrogen-bond acceptors (Lipinski definition) is 4. The third-order valence-corrected chi connectivity index (χ3v) is 3.19. The molecule has 1 aliphatic heterocycles. The number of rotatable bonds is 8. The Morgan fingerprint density at radius 1 is 1.18 bits per heavy atom. The summed E-state index contributed by atoms with van der Waals surface area (Å²) in [4.78, 5) is 2.34. The molecule has 0 aromatic heterocycles. The topological polar surface area (TPSA) is 33.7 Å². The summed E-state index contributed by atoms with van der Waals surface area (Å²) < 4.78 is 11.1. The lowest BCUT2D eigenvalue weighted by Crippen LogP contribution is -2.39. The molecule has 1 fully saturated rings. The van der Waals surface area contributed by atoms with Crippen LogP contribution in [0.5, 0.6) is 0 Å². The molecule has 1 heterocycles. The first kappa shape index (κ1) is 14.9. The predicted octanol–water partition coefficient (Wildman–Crippen LogP) is 1.32. The highest BCUT2D eigenvalue weighted by atomic mass is 16.7. The van der Waals surface area contributed by atoms with Crippen molar-refractivity contribution >= 4 is 0 Å². The minimum absolute atomic E-state index is 0.0725. The van der Waals surface area contributed by atoms with Gasteiger partial charge < -0.3 is 19.7 Å². The van der Waals surface area contributed by atoms with Crippen molar-refractivity contribution in [3.63, 3.8) is 0 Å². The van der Waals surface area contributed by atoms with Gasteiger partial charge in [0.15, 0.2) is 6.29 Å². The lowest BCUT2D eigenvalue weighted by molar-refractivity contribution is -0.146. The van der Waals surface area contributed by atoms with Crippen LogP contribution in [-0.4, -0.2) is 57.6 Å². The summed E-state index contributed by atoms with van der Waals surface area (Å²) in [5, 5.41) is 3.40. The number of nitrogens with one attached hydrogen (secondary N) is 1. The second kappa shape index (κ2) is 8.86. The molecule has 1 N–H and O–H groups in total. The Balaban J connectivity index is 2.22. The maximum Gasteiger partial charge on any atom is 0.170 e.